The molecule has 0 bridgehead atoms. The van der Waals surface area contributed by atoms with Gasteiger partial charge in [0, 0.05) is 0 Å². The van der Waals surface area contributed by atoms with Crippen molar-refractivity contribution in [2.45, 2.75) is 26.7 Å². The number of benzene rings is 1. The molecular formula is C11H13BrO3. The Morgan fingerprint density at radius 2 is 1.80 bits per heavy atom. The summed E-state index contributed by atoms with van der Waals surface area (Å²) in [5.74, 6) is 0.742. The third-order valence-electron chi connectivity index (χ3n) is 1.96. The zero-order valence-electron chi connectivity index (χ0n) is 8.87. The third kappa shape index (κ3) is 3.86. The smallest absolute Gasteiger partial charge is 0.373 e. The molecule has 0 heterocycles. The summed E-state index contributed by atoms with van der Waals surface area (Å²) in [4.78, 5) is 16.2. The molecule has 0 fully saturated rings. The van der Waals surface area contributed by atoms with Gasteiger partial charge in [0.2, 0.25) is 0 Å². The highest BCUT2D eigenvalue weighted by Crippen LogP contribution is 2.34. The molecule has 15 heavy (non-hydrogen) atoms. The van der Waals surface area contributed by atoms with Crippen LogP contribution in [-0.4, -0.2) is 11.3 Å². The molecule has 0 aliphatic heterocycles. The summed E-state index contributed by atoms with van der Waals surface area (Å²) in [6, 6.07) is 3.99. The van der Waals surface area contributed by atoms with E-state index in [2.05, 4.69) is 29.8 Å². The minimum atomic E-state index is 0.250. The molecule has 0 spiro atoms. The molecular weight excluding hydrogens is 260 g/mol. The van der Waals surface area contributed by atoms with Gasteiger partial charge < -0.3 is 5.11 Å². The van der Waals surface area contributed by atoms with Gasteiger partial charge in [0.15, 0.2) is 0 Å². The predicted octanol–water partition coefficient (Wildman–Crippen LogP) is 3.00. The highest BCUT2D eigenvalue weighted by molar-refractivity contribution is 9.10. The molecule has 3 nitrogen and oxygen atoms in total. The Morgan fingerprint density at radius 1 is 1.33 bits per heavy atom. The van der Waals surface area contributed by atoms with Crippen molar-refractivity contribution in [2.75, 3.05) is 0 Å². The lowest BCUT2D eigenvalue weighted by molar-refractivity contribution is -0.191. The molecule has 4 heteroatoms. The Kier molecular flexibility index (Phi) is 5.90. The van der Waals surface area contributed by atoms with Gasteiger partial charge in [-0.15, -0.1) is 0 Å². The fourth-order valence-electron chi connectivity index (χ4n) is 1.15. The van der Waals surface area contributed by atoms with Crippen LogP contribution in [-0.2, 0) is 9.59 Å². The average molecular weight is 273 g/mol. The van der Waals surface area contributed by atoms with Crippen molar-refractivity contribution in [3.05, 3.63) is 27.7 Å². The number of hydrogen-bond donors (Lipinski definition) is 1. The molecule has 0 aliphatic rings. The largest absolute Gasteiger partial charge is 0.506 e. The molecule has 0 radical (unpaired) electrons. The van der Waals surface area contributed by atoms with E-state index in [0.717, 1.165) is 15.6 Å². The fourth-order valence-corrected chi connectivity index (χ4v) is 1.51. The molecule has 1 aromatic carbocycles. The van der Waals surface area contributed by atoms with Crippen molar-refractivity contribution in [3.8, 4) is 5.75 Å². The van der Waals surface area contributed by atoms with Gasteiger partial charge in [-0.25, -0.2) is 0 Å². The first-order valence-corrected chi connectivity index (χ1v) is 5.22. The Hall–Kier alpha value is -1.12. The van der Waals surface area contributed by atoms with Crippen LogP contribution in [0.15, 0.2) is 16.6 Å². The third-order valence-corrected chi connectivity index (χ3v) is 2.96. The van der Waals surface area contributed by atoms with Crippen LogP contribution in [0.1, 0.15) is 30.9 Å². The van der Waals surface area contributed by atoms with Crippen LogP contribution in [0, 0.1) is 6.92 Å². The molecule has 82 valence electrons. The van der Waals surface area contributed by atoms with E-state index in [0.29, 0.717) is 11.7 Å². The quantitative estimate of drug-likeness (QED) is 0.855. The lowest BCUT2D eigenvalue weighted by atomic mass is 10.0. The lowest BCUT2D eigenvalue weighted by Gasteiger charge is -2.10. The highest BCUT2D eigenvalue weighted by Gasteiger charge is 2.09. The number of hydrogen-bond acceptors (Lipinski definition) is 3. The van der Waals surface area contributed by atoms with Crippen LogP contribution in [0.2, 0.25) is 0 Å². The number of aromatic hydroxyl groups is 1. The molecule has 1 aromatic rings. The van der Waals surface area contributed by atoms with Crippen LogP contribution in [0.5, 0.6) is 5.75 Å². The van der Waals surface area contributed by atoms with Crippen LogP contribution in [0.25, 0.3) is 0 Å². The second-order valence-corrected chi connectivity index (χ2v) is 4.17. The van der Waals surface area contributed by atoms with E-state index in [1.165, 1.54) is 0 Å². The molecule has 1 N–H and O–H groups in total. The van der Waals surface area contributed by atoms with Gasteiger partial charge >= 0.3 is 6.15 Å². The summed E-state index contributed by atoms with van der Waals surface area (Å²) < 4.78 is 0.814. The topological polar surface area (TPSA) is 54.4 Å². The van der Waals surface area contributed by atoms with Crippen molar-refractivity contribution < 1.29 is 14.7 Å². The molecule has 0 saturated carbocycles. The summed E-state index contributed by atoms with van der Waals surface area (Å²) in [6.07, 6.45) is 0.250. The summed E-state index contributed by atoms with van der Waals surface area (Å²) in [5, 5.41) is 9.70. The number of carbonyl (C=O) groups excluding carboxylic acids is 2. The number of halogens is 1. The van der Waals surface area contributed by atoms with E-state index in [4.69, 9.17) is 9.59 Å². The SMILES string of the molecule is Cc1ccc(C(C)C)c(O)c1Br.O=C=O. The summed E-state index contributed by atoms with van der Waals surface area (Å²) >= 11 is 3.35. The zero-order chi connectivity index (χ0) is 12.0. The number of phenolic OH excluding ortho intramolecular Hbond substituents is 1. The van der Waals surface area contributed by atoms with Gasteiger partial charge in [0.25, 0.3) is 0 Å². The van der Waals surface area contributed by atoms with Gasteiger partial charge in [0.05, 0.1) is 4.47 Å². The van der Waals surface area contributed by atoms with Gasteiger partial charge in [0.1, 0.15) is 5.75 Å². The normalized spacial score (nSPS) is 9.13. The van der Waals surface area contributed by atoms with E-state index in [-0.39, 0.29) is 6.15 Å². The highest BCUT2D eigenvalue weighted by atomic mass is 79.9. The standard InChI is InChI=1S/C10H13BrO.CO2/c1-6(2)8-5-4-7(3)9(11)10(8)12;2-1-3/h4-6,12H,1-3H3;. The lowest BCUT2D eigenvalue weighted by Crippen LogP contribution is -1.89. The van der Waals surface area contributed by atoms with E-state index < -0.39 is 0 Å². The molecule has 0 aromatic heterocycles. The van der Waals surface area contributed by atoms with Crippen molar-refractivity contribution in [2.24, 2.45) is 0 Å². The van der Waals surface area contributed by atoms with Crippen LogP contribution < -0.4 is 0 Å². The van der Waals surface area contributed by atoms with Crippen LogP contribution in [0.3, 0.4) is 0 Å². The summed E-state index contributed by atoms with van der Waals surface area (Å²) in [7, 11) is 0. The average Bonchev–Trinajstić information content (AvgIpc) is 2.15. The van der Waals surface area contributed by atoms with Crippen molar-refractivity contribution in [3.63, 3.8) is 0 Å². The van der Waals surface area contributed by atoms with Crippen LogP contribution in [0.4, 0.5) is 0 Å². The number of rotatable bonds is 1. The summed E-state index contributed by atoms with van der Waals surface area (Å²) in [6.45, 7) is 6.10. The molecule has 0 atom stereocenters. The zero-order valence-corrected chi connectivity index (χ0v) is 10.5. The summed E-state index contributed by atoms with van der Waals surface area (Å²) in [5.41, 5.74) is 2.06. The van der Waals surface area contributed by atoms with E-state index in [1.807, 2.05) is 19.1 Å². The molecule has 0 amide bonds. The Morgan fingerprint density at radius 3 is 2.20 bits per heavy atom. The van der Waals surface area contributed by atoms with Crippen molar-refractivity contribution >= 4 is 22.1 Å². The van der Waals surface area contributed by atoms with E-state index in [9.17, 15) is 5.11 Å². The maximum Gasteiger partial charge on any atom is 0.373 e. The predicted molar refractivity (Wildman–Crippen MR) is 59.6 cm³/mol. The number of aryl methyl sites for hydroxylation is 1. The Labute approximate surface area is 97.2 Å². The first-order chi connectivity index (χ1) is 6.95. The minimum absolute atomic E-state index is 0.250. The molecule has 0 unspecified atom stereocenters. The maximum absolute atomic E-state index is 9.70. The van der Waals surface area contributed by atoms with Gasteiger partial charge in [-0.2, -0.15) is 9.59 Å². The fraction of sp³-hybridized carbons (Fsp3) is 0.364. The van der Waals surface area contributed by atoms with Crippen LogP contribution >= 0.6 is 15.9 Å². The van der Waals surface area contributed by atoms with E-state index >= 15 is 0 Å². The van der Waals surface area contributed by atoms with Crippen molar-refractivity contribution in [1.82, 2.24) is 0 Å². The Bertz CT molecular complexity index is 366. The molecule has 0 aliphatic carbocycles. The first-order valence-electron chi connectivity index (χ1n) is 4.42. The minimum Gasteiger partial charge on any atom is -0.506 e. The maximum atomic E-state index is 9.70. The Balaban J connectivity index is 0.000000583. The first kappa shape index (κ1) is 13.9. The van der Waals surface area contributed by atoms with Gasteiger partial charge in [-0.1, -0.05) is 26.0 Å². The second kappa shape index (κ2) is 6.38. The monoisotopic (exact) mass is 272 g/mol. The van der Waals surface area contributed by atoms with Gasteiger partial charge in [-0.05, 0) is 39.9 Å². The second-order valence-electron chi connectivity index (χ2n) is 3.37. The number of phenols is 1. The molecule has 0 saturated heterocycles. The van der Waals surface area contributed by atoms with Crippen molar-refractivity contribution in [1.29, 1.82) is 0 Å². The van der Waals surface area contributed by atoms with E-state index in [1.54, 1.807) is 0 Å². The van der Waals surface area contributed by atoms with Gasteiger partial charge in [-0.3, -0.25) is 0 Å². The molecule has 1 rings (SSSR count).